The summed E-state index contributed by atoms with van der Waals surface area (Å²) < 4.78 is 12.0. The van der Waals surface area contributed by atoms with Gasteiger partial charge in [-0.15, -0.1) is 0 Å². The van der Waals surface area contributed by atoms with Gasteiger partial charge in [-0.1, -0.05) is 48.0 Å². The van der Waals surface area contributed by atoms with Gasteiger partial charge in [0.15, 0.2) is 0 Å². The molecule has 0 aliphatic carbocycles. The summed E-state index contributed by atoms with van der Waals surface area (Å²) in [4.78, 5) is 15.2. The molecular formula is C30H33ClN2O6. The lowest BCUT2D eigenvalue weighted by Gasteiger charge is -2.39. The zero-order valence-corrected chi connectivity index (χ0v) is 22.3. The van der Waals surface area contributed by atoms with Gasteiger partial charge in [0.1, 0.15) is 24.2 Å². The molecule has 2 aliphatic rings. The lowest BCUT2D eigenvalue weighted by Crippen LogP contribution is -2.46. The molecule has 206 valence electrons. The van der Waals surface area contributed by atoms with Crippen molar-refractivity contribution in [3.05, 3.63) is 94.0 Å². The number of phenols is 1. The summed E-state index contributed by atoms with van der Waals surface area (Å²) in [5.41, 5.74) is 3.02. The third kappa shape index (κ3) is 6.21. The predicted octanol–water partition coefficient (Wildman–Crippen LogP) is 3.77. The molecule has 0 bridgehead atoms. The van der Waals surface area contributed by atoms with Crippen LogP contribution in [-0.2, 0) is 16.9 Å². The number of nitrogens with zero attached hydrogens (tertiary/aromatic N) is 1. The first-order valence-corrected chi connectivity index (χ1v) is 13.5. The maximum atomic E-state index is 13.0. The fourth-order valence-electron chi connectivity index (χ4n) is 5.44. The fraction of sp³-hybridized carbons (Fsp3) is 0.367. The molecular weight excluding hydrogens is 520 g/mol. The Bertz CT molecular complexity index is 1300. The molecule has 2 atom stereocenters. The molecule has 3 aromatic rings. The molecule has 5 rings (SSSR count). The number of rotatable bonds is 9. The lowest BCUT2D eigenvalue weighted by molar-refractivity contribution is -0.0835. The van der Waals surface area contributed by atoms with Crippen molar-refractivity contribution in [1.29, 1.82) is 0 Å². The van der Waals surface area contributed by atoms with E-state index in [0.717, 1.165) is 37.1 Å². The first kappa shape index (κ1) is 27.4. The number of phenolic OH excluding ortho intramolecular Hbond substituents is 1. The molecule has 39 heavy (non-hydrogen) atoms. The highest BCUT2D eigenvalue weighted by Gasteiger charge is 2.42. The van der Waals surface area contributed by atoms with Gasteiger partial charge in [0, 0.05) is 30.7 Å². The van der Waals surface area contributed by atoms with Crippen LogP contribution in [0.15, 0.2) is 66.7 Å². The number of aromatic hydroxyl groups is 1. The second-order valence-electron chi connectivity index (χ2n) is 10.1. The SMILES string of the molecule is O=C(NC(CO)c1ccccc1)c1ccc(O)cc1OC[C@@H](O)CN1CCC2(CC1)OCc1cc(Cl)ccc12. The van der Waals surface area contributed by atoms with Crippen LogP contribution in [0, 0.1) is 0 Å². The van der Waals surface area contributed by atoms with E-state index < -0.39 is 18.1 Å². The Morgan fingerprint density at radius 1 is 1.10 bits per heavy atom. The highest BCUT2D eigenvalue weighted by Crippen LogP contribution is 2.44. The number of amides is 1. The van der Waals surface area contributed by atoms with Crippen LogP contribution in [0.2, 0.25) is 5.02 Å². The molecule has 3 aromatic carbocycles. The number of piperidine rings is 1. The number of carbonyl (C=O) groups excluding carboxylic acids is 1. The standard InChI is InChI=1S/C30H33ClN2O6/c31-22-6-9-26-21(14-22)18-39-30(26)10-12-33(13-11-30)16-24(36)19-38-28-15-23(35)7-8-25(28)29(37)32-27(17-34)20-4-2-1-3-5-20/h1-9,14-15,24,27,34-36H,10-13,16-19H2,(H,32,37)/t24-,27?/m0/s1. The van der Waals surface area contributed by atoms with E-state index >= 15 is 0 Å². The average molecular weight is 553 g/mol. The summed E-state index contributed by atoms with van der Waals surface area (Å²) >= 11 is 6.15. The summed E-state index contributed by atoms with van der Waals surface area (Å²) in [5, 5.41) is 34.1. The molecule has 0 aromatic heterocycles. The maximum Gasteiger partial charge on any atom is 0.255 e. The van der Waals surface area contributed by atoms with Crippen molar-refractivity contribution in [2.45, 2.75) is 37.2 Å². The Kier molecular flexibility index (Phi) is 8.40. The minimum absolute atomic E-state index is 0.0503. The number of likely N-dealkylation sites (tertiary alicyclic amines) is 1. The summed E-state index contributed by atoms with van der Waals surface area (Å²) in [7, 11) is 0. The number of ether oxygens (including phenoxy) is 2. The van der Waals surface area contributed by atoms with Crippen LogP contribution >= 0.6 is 11.6 Å². The van der Waals surface area contributed by atoms with Gasteiger partial charge in [-0.2, -0.15) is 0 Å². The quantitative estimate of drug-likeness (QED) is 0.320. The van der Waals surface area contributed by atoms with Gasteiger partial charge in [0.2, 0.25) is 0 Å². The number of hydrogen-bond acceptors (Lipinski definition) is 7. The minimum atomic E-state index is -0.803. The van der Waals surface area contributed by atoms with E-state index in [1.807, 2.05) is 42.5 Å². The molecule has 0 radical (unpaired) electrons. The number of hydrogen-bond donors (Lipinski definition) is 4. The largest absolute Gasteiger partial charge is 0.508 e. The van der Waals surface area contributed by atoms with Crippen molar-refractivity contribution in [2.24, 2.45) is 0 Å². The zero-order chi connectivity index (χ0) is 27.4. The Morgan fingerprint density at radius 3 is 2.62 bits per heavy atom. The number of aliphatic hydroxyl groups excluding tert-OH is 2. The number of carbonyl (C=O) groups is 1. The van der Waals surface area contributed by atoms with Crippen molar-refractivity contribution < 1.29 is 29.6 Å². The average Bonchev–Trinajstić information content (AvgIpc) is 3.29. The Hall–Kier alpha value is -3.14. The highest BCUT2D eigenvalue weighted by molar-refractivity contribution is 6.30. The fourth-order valence-corrected chi connectivity index (χ4v) is 5.64. The smallest absolute Gasteiger partial charge is 0.255 e. The third-order valence-electron chi connectivity index (χ3n) is 7.53. The molecule has 1 saturated heterocycles. The molecule has 1 unspecified atom stereocenters. The number of fused-ring (bicyclic) bond motifs is 2. The molecule has 8 nitrogen and oxygen atoms in total. The van der Waals surface area contributed by atoms with Crippen LogP contribution in [0.25, 0.3) is 0 Å². The van der Waals surface area contributed by atoms with E-state index in [9.17, 15) is 20.1 Å². The maximum absolute atomic E-state index is 13.0. The molecule has 1 amide bonds. The number of β-amino-alcohol motifs (C(OH)–C–C–N with tert-alkyl or cyclic N) is 1. The van der Waals surface area contributed by atoms with E-state index in [4.69, 9.17) is 21.1 Å². The Morgan fingerprint density at radius 2 is 1.87 bits per heavy atom. The first-order chi connectivity index (χ1) is 18.9. The van der Waals surface area contributed by atoms with Crippen LogP contribution in [0.1, 0.15) is 45.9 Å². The predicted molar refractivity (Wildman–Crippen MR) is 147 cm³/mol. The molecule has 4 N–H and O–H groups in total. The molecule has 2 heterocycles. The van der Waals surface area contributed by atoms with Crippen LogP contribution in [0.5, 0.6) is 11.5 Å². The summed E-state index contributed by atoms with van der Waals surface area (Å²) in [6.45, 7) is 2.18. The number of nitrogens with one attached hydrogen (secondary N) is 1. The van der Waals surface area contributed by atoms with Crippen LogP contribution in [-0.4, -0.2) is 65.1 Å². The minimum Gasteiger partial charge on any atom is -0.508 e. The lowest BCUT2D eigenvalue weighted by atomic mass is 9.84. The molecule has 2 aliphatic heterocycles. The van der Waals surface area contributed by atoms with E-state index in [0.29, 0.717) is 18.2 Å². The van der Waals surface area contributed by atoms with Crippen molar-refractivity contribution >= 4 is 17.5 Å². The third-order valence-corrected chi connectivity index (χ3v) is 7.76. The normalized spacial score (nSPS) is 17.9. The zero-order valence-electron chi connectivity index (χ0n) is 21.6. The molecule has 9 heteroatoms. The van der Waals surface area contributed by atoms with Crippen LogP contribution in [0.4, 0.5) is 0 Å². The highest BCUT2D eigenvalue weighted by atomic mass is 35.5. The monoisotopic (exact) mass is 552 g/mol. The molecule has 0 saturated carbocycles. The van der Waals surface area contributed by atoms with Crippen molar-refractivity contribution in [2.75, 3.05) is 32.8 Å². The second kappa shape index (κ2) is 11.9. The van der Waals surface area contributed by atoms with Gasteiger partial charge in [0.05, 0.1) is 30.4 Å². The van der Waals surface area contributed by atoms with E-state index in [1.165, 1.54) is 23.8 Å². The van der Waals surface area contributed by atoms with Gasteiger partial charge < -0.3 is 35.0 Å². The second-order valence-corrected chi connectivity index (χ2v) is 10.6. The van der Waals surface area contributed by atoms with Gasteiger partial charge in [-0.05, 0) is 53.8 Å². The van der Waals surface area contributed by atoms with Gasteiger partial charge in [-0.3, -0.25) is 4.79 Å². The van der Waals surface area contributed by atoms with Crippen molar-refractivity contribution in [3.63, 3.8) is 0 Å². The van der Waals surface area contributed by atoms with Gasteiger partial charge >= 0.3 is 0 Å². The van der Waals surface area contributed by atoms with Crippen molar-refractivity contribution in [3.8, 4) is 11.5 Å². The van der Waals surface area contributed by atoms with Crippen molar-refractivity contribution in [1.82, 2.24) is 10.2 Å². The van der Waals surface area contributed by atoms with E-state index in [2.05, 4.69) is 16.3 Å². The molecule has 1 spiro atoms. The number of aliphatic hydroxyl groups is 2. The van der Waals surface area contributed by atoms with Crippen LogP contribution in [0.3, 0.4) is 0 Å². The van der Waals surface area contributed by atoms with Crippen LogP contribution < -0.4 is 10.1 Å². The number of halogens is 1. The molecule has 1 fully saturated rings. The Balaban J connectivity index is 1.16. The first-order valence-electron chi connectivity index (χ1n) is 13.1. The Labute approximate surface area is 232 Å². The van der Waals surface area contributed by atoms with E-state index in [-0.39, 0.29) is 35.9 Å². The summed E-state index contributed by atoms with van der Waals surface area (Å²) in [6.07, 6.45) is 0.835. The topological polar surface area (TPSA) is 111 Å². The van der Waals surface area contributed by atoms with E-state index in [1.54, 1.807) is 0 Å². The number of benzene rings is 3. The van der Waals surface area contributed by atoms with Gasteiger partial charge in [-0.25, -0.2) is 0 Å². The summed E-state index contributed by atoms with van der Waals surface area (Å²) in [5.74, 6) is -0.359. The summed E-state index contributed by atoms with van der Waals surface area (Å²) in [6, 6.07) is 18.7. The van der Waals surface area contributed by atoms with Gasteiger partial charge in [0.25, 0.3) is 5.91 Å².